The Morgan fingerprint density at radius 2 is 2.23 bits per heavy atom. The molecule has 1 atom stereocenters. The molecule has 1 unspecified atom stereocenters. The van der Waals surface area contributed by atoms with Crippen LogP contribution in [0, 0.1) is 21.4 Å². The zero-order chi connectivity index (χ0) is 16.4. The molecule has 2 rings (SSSR count). The molecule has 0 radical (unpaired) electrons. The number of ether oxygens (including phenoxy) is 1. The van der Waals surface area contributed by atoms with Gasteiger partial charge in [-0.05, 0) is 12.5 Å². The Balaban J connectivity index is 2.68. The normalized spacial score (nSPS) is 17.7. The van der Waals surface area contributed by atoms with Crippen LogP contribution in [0.1, 0.15) is 18.4 Å². The van der Waals surface area contributed by atoms with E-state index in [-0.39, 0.29) is 34.0 Å². The first-order valence-corrected chi connectivity index (χ1v) is 6.12. The lowest BCUT2D eigenvalue weighted by Crippen LogP contribution is -2.24. The second kappa shape index (κ2) is 5.57. The summed E-state index contributed by atoms with van der Waals surface area (Å²) in [4.78, 5) is 21.8. The SMILES string of the molecule is CC1=C(C(=O)O)C(c2cccc([N+](=O)[O-])c2)C(C#N)=C(N)O1. The topological polar surface area (TPSA) is 139 Å². The number of nitrogens with two attached hydrogens (primary N) is 1. The van der Waals surface area contributed by atoms with E-state index in [9.17, 15) is 25.3 Å². The smallest absolute Gasteiger partial charge is 0.336 e. The molecule has 1 aromatic carbocycles. The molecule has 8 nitrogen and oxygen atoms in total. The Morgan fingerprint density at radius 3 is 2.77 bits per heavy atom. The van der Waals surface area contributed by atoms with Crippen molar-refractivity contribution < 1.29 is 19.6 Å². The van der Waals surface area contributed by atoms with Gasteiger partial charge in [-0.1, -0.05) is 12.1 Å². The van der Waals surface area contributed by atoms with Gasteiger partial charge in [-0.15, -0.1) is 0 Å². The lowest BCUT2D eigenvalue weighted by atomic mass is 9.83. The molecule has 0 spiro atoms. The summed E-state index contributed by atoms with van der Waals surface area (Å²) in [6.07, 6.45) is 0. The van der Waals surface area contributed by atoms with Crippen LogP contribution in [0.15, 0.2) is 47.1 Å². The van der Waals surface area contributed by atoms with E-state index in [2.05, 4.69) is 0 Å². The minimum atomic E-state index is -1.28. The third-order valence-corrected chi connectivity index (χ3v) is 3.25. The van der Waals surface area contributed by atoms with Gasteiger partial charge in [-0.25, -0.2) is 4.79 Å². The van der Waals surface area contributed by atoms with Crippen LogP contribution in [0.4, 0.5) is 5.69 Å². The third-order valence-electron chi connectivity index (χ3n) is 3.25. The number of benzene rings is 1. The molecule has 1 aliphatic rings. The fourth-order valence-electron chi connectivity index (χ4n) is 2.31. The molecule has 1 aliphatic heterocycles. The van der Waals surface area contributed by atoms with Gasteiger partial charge in [0, 0.05) is 12.1 Å². The fraction of sp³-hybridized carbons (Fsp3) is 0.143. The summed E-state index contributed by atoms with van der Waals surface area (Å²) < 4.78 is 5.09. The van der Waals surface area contributed by atoms with Crippen molar-refractivity contribution in [3.8, 4) is 6.07 Å². The molecule has 8 heteroatoms. The molecule has 0 fully saturated rings. The highest BCUT2D eigenvalue weighted by molar-refractivity contribution is 5.91. The Bertz CT molecular complexity index is 773. The lowest BCUT2D eigenvalue weighted by Gasteiger charge is -2.25. The monoisotopic (exact) mass is 301 g/mol. The summed E-state index contributed by atoms with van der Waals surface area (Å²) in [5, 5.41) is 29.5. The molecule has 0 bridgehead atoms. The molecule has 0 saturated carbocycles. The van der Waals surface area contributed by atoms with Crippen molar-refractivity contribution in [2.45, 2.75) is 12.8 Å². The average Bonchev–Trinajstić information content (AvgIpc) is 2.46. The van der Waals surface area contributed by atoms with E-state index in [1.165, 1.54) is 31.2 Å². The molecule has 3 N–H and O–H groups in total. The van der Waals surface area contributed by atoms with Crippen molar-refractivity contribution in [1.29, 1.82) is 5.26 Å². The summed E-state index contributed by atoms with van der Waals surface area (Å²) in [5.74, 6) is -2.47. The predicted molar refractivity (Wildman–Crippen MR) is 74.1 cm³/mol. The number of aliphatic carboxylic acids is 1. The van der Waals surface area contributed by atoms with Gasteiger partial charge in [0.2, 0.25) is 5.88 Å². The number of allylic oxidation sites excluding steroid dienone is 2. The molecule has 1 heterocycles. The first-order chi connectivity index (χ1) is 10.4. The van der Waals surface area contributed by atoms with Gasteiger partial charge in [-0.3, -0.25) is 10.1 Å². The van der Waals surface area contributed by atoms with Gasteiger partial charge in [0.15, 0.2) is 0 Å². The number of nitrogens with zero attached hydrogens (tertiary/aromatic N) is 2. The predicted octanol–water partition coefficient (Wildman–Crippen LogP) is 1.76. The van der Waals surface area contributed by atoms with Gasteiger partial charge >= 0.3 is 5.97 Å². The standard InChI is InChI=1S/C14H11N3O5/c1-7-11(14(18)19)12(10(6-15)13(16)22-7)8-3-2-4-9(5-8)17(20)21/h2-5,12H,16H2,1H3,(H,18,19). The average molecular weight is 301 g/mol. The van der Waals surface area contributed by atoms with Crippen molar-refractivity contribution in [2.75, 3.05) is 0 Å². The highest BCUT2D eigenvalue weighted by Crippen LogP contribution is 2.39. The largest absolute Gasteiger partial charge is 0.478 e. The summed E-state index contributed by atoms with van der Waals surface area (Å²) in [7, 11) is 0. The van der Waals surface area contributed by atoms with Crippen LogP contribution in [-0.2, 0) is 9.53 Å². The molecular formula is C14H11N3O5. The quantitative estimate of drug-likeness (QED) is 0.640. The van der Waals surface area contributed by atoms with E-state index in [4.69, 9.17) is 10.5 Å². The van der Waals surface area contributed by atoms with E-state index in [0.29, 0.717) is 0 Å². The van der Waals surface area contributed by atoms with Gasteiger partial charge in [0.1, 0.15) is 17.4 Å². The minimum Gasteiger partial charge on any atom is -0.478 e. The van der Waals surface area contributed by atoms with Crippen LogP contribution in [0.25, 0.3) is 0 Å². The van der Waals surface area contributed by atoms with E-state index in [1.54, 1.807) is 0 Å². The van der Waals surface area contributed by atoms with E-state index >= 15 is 0 Å². The highest BCUT2D eigenvalue weighted by atomic mass is 16.6. The van der Waals surface area contributed by atoms with Crippen molar-refractivity contribution in [1.82, 2.24) is 0 Å². The van der Waals surface area contributed by atoms with Crippen molar-refractivity contribution >= 4 is 11.7 Å². The number of rotatable bonds is 3. The van der Waals surface area contributed by atoms with Crippen LogP contribution >= 0.6 is 0 Å². The number of carbonyl (C=O) groups is 1. The molecule has 0 aromatic heterocycles. The molecule has 0 amide bonds. The Kier molecular flexibility index (Phi) is 3.81. The molecule has 0 aliphatic carbocycles. The molecule has 0 saturated heterocycles. The van der Waals surface area contributed by atoms with Crippen molar-refractivity contribution in [2.24, 2.45) is 5.73 Å². The summed E-state index contributed by atoms with van der Waals surface area (Å²) in [6.45, 7) is 1.41. The van der Waals surface area contributed by atoms with E-state index in [0.717, 1.165) is 0 Å². The zero-order valence-corrected chi connectivity index (χ0v) is 11.4. The zero-order valence-electron chi connectivity index (χ0n) is 11.4. The second-order valence-electron chi connectivity index (χ2n) is 4.55. The molecule has 1 aromatic rings. The second-order valence-corrected chi connectivity index (χ2v) is 4.55. The third kappa shape index (κ3) is 2.47. The van der Waals surface area contributed by atoms with Gasteiger partial charge in [-0.2, -0.15) is 5.26 Å². The van der Waals surface area contributed by atoms with Crippen LogP contribution in [0.3, 0.4) is 0 Å². The van der Waals surface area contributed by atoms with Gasteiger partial charge < -0.3 is 15.6 Å². The highest BCUT2D eigenvalue weighted by Gasteiger charge is 2.35. The number of non-ortho nitro benzene ring substituents is 1. The number of nitro groups is 1. The van der Waals surface area contributed by atoms with E-state index < -0.39 is 16.8 Å². The Hall–Kier alpha value is -3.34. The van der Waals surface area contributed by atoms with Gasteiger partial charge in [0.05, 0.1) is 16.4 Å². The molecular weight excluding hydrogens is 290 g/mol. The van der Waals surface area contributed by atoms with Crippen molar-refractivity contribution in [3.63, 3.8) is 0 Å². The Morgan fingerprint density at radius 1 is 1.55 bits per heavy atom. The summed E-state index contributed by atoms with van der Waals surface area (Å²) in [5.41, 5.74) is 5.45. The van der Waals surface area contributed by atoms with Crippen LogP contribution in [0.2, 0.25) is 0 Å². The Labute approximate surface area is 124 Å². The number of nitro benzene ring substituents is 1. The molecule has 22 heavy (non-hydrogen) atoms. The minimum absolute atomic E-state index is 0.0421. The number of hydrogen-bond acceptors (Lipinski definition) is 6. The van der Waals surface area contributed by atoms with Crippen LogP contribution < -0.4 is 5.73 Å². The maximum Gasteiger partial charge on any atom is 0.336 e. The van der Waals surface area contributed by atoms with Crippen LogP contribution in [-0.4, -0.2) is 16.0 Å². The summed E-state index contributed by atoms with van der Waals surface area (Å²) >= 11 is 0. The number of carboxylic acids is 1. The van der Waals surface area contributed by atoms with E-state index in [1.807, 2.05) is 6.07 Å². The van der Waals surface area contributed by atoms with Gasteiger partial charge in [0.25, 0.3) is 5.69 Å². The van der Waals surface area contributed by atoms with Crippen molar-refractivity contribution in [3.05, 3.63) is 62.7 Å². The number of hydrogen-bond donors (Lipinski definition) is 2. The lowest BCUT2D eigenvalue weighted by molar-refractivity contribution is -0.384. The summed E-state index contributed by atoms with van der Waals surface area (Å²) in [6, 6.07) is 7.24. The molecule has 112 valence electrons. The first kappa shape index (κ1) is 15.1. The fourth-order valence-corrected chi connectivity index (χ4v) is 2.31. The maximum atomic E-state index is 11.5. The number of carboxylic acid groups (broad SMARTS) is 1. The van der Waals surface area contributed by atoms with Crippen LogP contribution in [0.5, 0.6) is 0 Å². The first-order valence-electron chi connectivity index (χ1n) is 6.12. The number of nitriles is 1. The maximum absolute atomic E-state index is 11.5.